The van der Waals surface area contributed by atoms with E-state index in [0.717, 1.165) is 5.56 Å². The number of benzene rings is 2. The van der Waals surface area contributed by atoms with Crippen molar-refractivity contribution in [2.45, 2.75) is 11.8 Å². The maximum atomic E-state index is 12.1. The predicted octanol–water partition coefficient (Wildman–Crippen LogP) is 1.89. The molecule has 0 aliphatic rings. The second kappa shape index (κ2) is 7.26. The summed E-state index contributed by atoms with van der Waals surface area (Å²) in [5.41, 5.74) is 1.03. The highest BCUT2D eigenvalue weighted by Crippen LogP contribution is 2.15. The lowest BCUT2D eigenvalue weighted by Gasteiger charge is -2.08. The average Bonchev–Trinajstić information content (AvgIpc) is 2.55. The van der Waals surface area contributed by atoms with Crippen molar-refractivity contribution in [3.8, 4) is 11.5 Å². The molecule has 0 amide bonds. The number of carbonyl (C=O) groups excluding carboxylic acids is 1. The van der Waals surface area contributed by atoms with Crippen LogP contribution in [0, 0.1) is 6.92 Å². The van der Waals surface area contributed by atoms with E-state index in [9.17, 15) is 13.2 Å². The van der Waals surface area contributed by atoms with Crippen LogP contribution in [0.1, 0.15) is 5.56 Å². The monoisotopic (exact) mass is 335 g/mol. The summed E-state index contributed by atoms with van der Waals surface area (Å²) in [6.45, 7) is 1.46. The van der Waals surface area contributed by atoms with Crippen molar-refractivity contribution in [3.05, 3.63) is 54.1 Å². The normalized spacial score (nSPS) is 11.0. The van der Waals surface area contributed by atoms with E-state index in [1.165, 1.54) is 31.4 Å². The minimum absolute atomic E-state index is 0.0430. The van der Waals surface area contributed by atoms with Crippen LogP contribution in [-0.2, 0) is 14.8 Å². The lowest BCUT2D eigenvalue weighted by atomic mass is 10.2. The van der Waals surface area contributed by atoms with Crippen LogP contribution in [0.3, 0.4) is 0 Å². The van der Waals surface area contributed by atoms with Crippen LogP contribution in [0.2, 0.25) is 0 Å². The third-order valence-corrected chi connectivity index (χ3v) is 4.45. The second-order valence-corrected chi connectivity index (χ2v) is 6.55. The lowest BCUT2D eigenvalue weighted by molar-refractivity contribution is -0.133. The number of rotatable bonds is 6. The summed E-state index contributed by atoms with van der Waals surface area (Å²) >= 11 is 0. The van der Waals surface area contributed by atoms with Crippen molar-refractivity contribution in [1.29, 1.82) is 0 Å². The third-order valence-electron chi connectivity index (χ3n) is 3.03. The second-order valence-electron chi connectivity index (χ2n) is 4.79. The Labute approximate surface area is 135 Å². The molecule has 0 aromatic heterocycles. The number of nitrogens with one attached hydrogen (secondary N) is 1. The van der Waals surface area contributed by atoms with E-state index < -0.39 is 22.5 Å². The summed E-state index contributed by atoms with van der Waals surface area (Å²) in [5, 5.41) is 0. The van der Waals surface area contributed by atoms with E-state index in [4.69, 9.17) is 9.47 Å². The topological polar surface area (TPSA) is 81.7 Å². The number of carbonyl (C=O) groups is 1. The molecule has 2 rings (SSSR count). The van der Waals surface area contributed by atoms with E-state index in [0.29, 0.717) is 11.5 Å². The first-order valence-electron chi connectivity index (χ1n) is 6.82. The van der Waals surface area contributed by atoms with Crippen LogP contribution >= 0.6 is 0 Å². The molecule has 0 saturated heterocycles. The van der Waals surface area contributed by atoms with E-state index in [2.05, 4.69) is 4.72 Å². The maximum absolute atomic E-state index is 12.1. The average molecular weight is 335 g/mol. The van der Waals surface area contributed by atoms with Crippen LogP contribution in [0.4, 0.5) is 0 Å². The van der Waals surface area contributed by atoms with Gasteiger partial charge in [0.05, 0.1) is 12.0 Å². The van der Waals surface area contributed by atoms with Gasteiger partial charge in [0, 0.05) is 0 Å². The summed E-state index contributed by atoms with van der Waals surface area (Å²) in [6.07, 6.45) is 0. The molecule has 0 aliphatic carbocycles. The van der Waals surface area contributed by atoms with Gasteiger partial charge in [0.2, 0.25) is 10.0 Å². The van der Waals surface area contributed by atoms with Gasteiger partial charge in [0.25, 0.3) is 0 Å². The van der Waals surface area contributed by atoms with Crippen molar-refractivity contribution < 1.29 is 22.7 Å². The van der Waals surface area contributed by atoms with Crippen molar-refractivity contribution in [2.75, 3.05) is 13.7 Å². The summed E-state index contributed by atoms with van der Waals surface area (Å²) in [6, 6.07) is 12.7. The number of aryl methyl sites for hydroxylation is 1. The van der Waals surface area contributed by atoms with Crippen molar-refractivity contribution in [3.63, 3.8) is 0 Å². The van der Waals surface area contributed by atoms with Crippen molar-refractivity contribution in [2.24, 2.45) is 0 Å². The lowest BCUT2D eigenvalue weighted by Crippen LogP contribution is -2.31. The highest BCUT2D eigenvalue weighted by Gasteiger charge is 2.16. The number of methoxy groups -OCH3 is 1. The first kappa shape index (κ1) is 17.0. The van der Waals surface area contributed by atoms with Crippen molar-refractivity contribution >= 4 is 16.0 Å². The molecule has 7 heteroatoms. The van der Waals surface area contributed by atoms with Crippen LogP contribution < -0.4 is 14.2 Å². The number of hydrogen-bond donors (Lipinski definition) is 1. The number of hydrogen-bond acceptors (Lipinski definition) is 5. The minimum atomic E-state index is -3.79. The molecule has 2 aromatic rings. The molecular formula is C16H17NO5S. The Balaban J connectivity index is 1.95. The Morgan fingerprint density at radius 3 is 2.13 bits per heavy atom. The molecule has 6 nitrogen and oxygen atoms in total. The summed E-state index contributed by atoms with van der Waals surface area (Å²) in [5.74, 6) is 0.220. The van der Waals surface area contributed by atoms with Gasteiger partial charge in [-0.25, -0.2) is 8.42 Å². The molecule has 0 spiro atoms. The van der Waals surface area contributed by atoms with Crippen LogP contribution in [0.25, 0.3) is 0 Å². The Hall–Kier alpha value is -2.38. The molecule has 0 heterocycles. The fourth-order valence-corrected chi connectivity index (χ4v) is 2.73. The Morgan fingerprint density at radius 1 is 1.00 bits per heavy atom. The molecule has 0 bridgehead atoms. The minimum Gasteiger partial charge on any atom is -0.497 e. The fourth-order valence-electron chi connectivity index (χ4n) is 1.77. The first-order valence-corrected chi connectivity index (χ1v) is 8.30. The van der Waals surface area contributed by atoms with E-state index in [1.54, 1.807) is 24.3 Å². The fraction of sp³-hybridized carbons (Fsp3) is 0.188. The molecule has 0 atom stereocenters. The van der Waals surface area contributed by atoms with Gasteiger partial charge in [-0.3, -0.25) is 4.79 Å². The maximum Gasteiger partial charge on any atom is 0.326 e. The van der Waals surface area contributed by atoms with Crippen LogP contribution in [0.15, 0.2) is 53.4 Å². The Bertz CT molecular complexity index is 767. The molecule has 1 N–H and O–H groups in total. The van der Waals surface area contributed by atoms with Crippen molar-refractivity contribution in [1.82, 2.24) is 4.72 Å². The van der Waals surface area contributed by atoms with Gasteiger partial charge in [0.1, 0.15) is 18.0 Å². The van der Waals surface area contributed by atoms with E-state index >= 15 is 0 Å². The van der Waals surface area contributed by atoms with Gasteiger partial charge in [-0.2, -0.15) is 4.72 Å². The molecule has 122 valence electrons. The van der Waals surface area contributed by atoms with Gasteiger partial charge < -0.3 is 9.47 Å². The zero-order valence-electron chi connectivity index (χ0n) is 12.8. The van der Waals surface area contributed by atoms with Gasteiger partial charge in [-0.15, -0.1) is 0 Å². The largest absolute Gasteiger partial charge is 0.497 e. The summed E-state index contributed by atoms with van der Waals surface area (Å²) in [7, 11) is -2.30. The van der Waals surface area contributed by atoms with Crippen LogP contribution in [0.5, 0.6) is 11.5 Å². The Kier molecular flexibility index (Phi) is 5.36. The molecular weight excluding hydrogens is 318 g/mol. The molecule has 23 heavy (non-hydrogen) atoms. The summed E-state index contributed by atoms with van der Waals surface area (Å²) in [4.78, 5) is 11.7. The predicted molar refractivity (Wildman–Crippen MR) is 85.0 cm³/mol. The molecule has 0 fully saturated rings. The molecule has 0 aliphatic heterocycles. The third kappa shape index (κ3) is 4.80. The molecule has 0 unspecified atom stereocenters. The molecule has 0 radical (unpaired) electrons. The van der Waals surface area contributed by atoms with Gasteiger partial charge >= 0.3 is 5.97 Å². The van der Waals surface area contributed by atoms with Gasteiger partial charge in [-0.05, 0) is 43.3 Å². The highest BCUT2D eigenvalue weighted by molar-refractivity contribution is 7.89. The molecule has 0 saturated carbocycles. The number of ether oxygens (including phenoxy) is 2. The smallest absolute Gasteiger partial charge is 0.326 e. The first-order chi connectivity index (χ1) is 10.9. The molecule has 2 aromatic carbocycles. The number of sulfonamides is 1. The van der Waals surface area contributed by atoms with Crippen LogP contribution in [-0.4, -0.2) is 28.0 Å². The summed E-state index contributed by atoms with van der Waals surface area (Å²) < 4.78 is 36.4. The quantitative estimate of drug-likeness (QED) is 0.644. The Morgan fingerprint density at radius 2 is 1.57 bits per heavy atom. The zero-order valence-corrected chi connectivity index (χ0v) is 13.6. The highest BCUT2D eigenvalue weighted by atomic mass is 32.2. The zero-order chi connectivity index (χ0) is 16.9. The van der Waals surface area contributed by atoms with E-state index in [-0.39, 0.29) is 4.90 Å². The standard InChI is InChI=1S/C16H17NO5S/c1-12-3-5-14(6-4-12)22-16(18)11-17-23(19,20)15-9-7-13(21-2)8-10-15/h3-10,17H,11H2,1-2H3. The van der Waals surface area contributed by atoms with E-state index in [1.807, 2.05) is 6.92 Å². The SMILES string of the molecule is COc1ccc(S(=O)(=O)NCC(=O)Oc2ccc(C)cc2)cc1. The van der Waals surface area contributed by atoms with Gasteiger partial charge in [-0.1, -0.05) is 17.7 Å². The van der Waals surface area contributed by atoms with Gasteiger partial charge in [0.15, 0.2) is 0 Å². The number of esters is 1.